The fourth-order valence-electron chi connectivity index (χ4n) is 1.48. The maximum absolute atomic E-state index is 13.3. The Morgan fingerprint density at radius 2 is 1.84 bits per heavy atom. The zero-order chi connectivity index (χ0) is 13.8. The van der Waals surface area contributed by atoms with Crippen molar-refractivity contribution in [1.29, 1.82) is 0 Å². The lowest BCUT2D eigenvalue weighted by atomic mass is 10.1. The van der Waals surface area contributed by atoms with Crippen LogP contribution < -0.4 is 16.6 Å². The second kappa shape index (κ2) is 5.34. The number of nitrogens with two attached hydrogens (primary N) is 1. The summed E-state index contributed by atoms with van der Waals surface area (Å²) in [6, 6.07) is 9.26. The van der Waals surface area contributed by atoms with Crippen LogP contribution in [0.3, 0.4) is 0 Å². The molecule has 0 aliphatic rings. The smallest absolute Gasteiger partial charge is 0.271 e. The van der Waals surface area contributed by atoms with Gasteiger partial charge in [0.1, 0.15) is 11.6 Å². The molecule has 0 aromatic heterocycles. The third-order valence-electron chi connectivity index (χ3n) is 2.44. The minimum atomic E-state index is -0.653. The molecule has 19 heavy (non-hydrogen) atoms. The molecule has 2 rings (SSSR count). The monoisotopic (exact) mass is 263 g/mol. The highest BCUT2D eigenvalue weighted by Gasteiger charge is 2.11. The molecule has 0 unspecified atom stereocenters. The van der Waals surface area contributed by atoms with E-state index in [2.05, 4.69) is 10.9 Å². The maximum atomic E-state index is 13.3. The summed E-state index contributed by atoms with van der Waals surface area (Å²) >= 11 is 0. The first kappa shape index (κ1) is 12.8. The van der Waals surface area contributed by atoms with Gasteiger partial charge < -0.3 is 5.73 Å². The summed E-state index contributed by atoms with van der Waals surface area (Å²) in [6.07, 6.45) is 0. The Labute approximate surface area is 108 Å². The number of carbonyl (C=O) groups excluding carboxylic acids is 1. The van der Waals surface area contributed by atoms with E-state index in [1.54, 1.807) is 6.07 Å². The van der Waals surface area contributed by atoms with E-state index in [-0.39, 0.29) is 16.9 Å². The van der Waals surface area contributed by atoms with Crippen molar-refractivity contribution in [2.75, 3.05) is 11.2 Å². The zero-order valence-corrected chi connectivity index (χ0v) is 9.78. The van der Waals surface area contributed by atoms with Crippen LogP contribution in [0.5, 0.6) is 0 Å². The second-order valence-electron chi connectivity index (χ2n) is 3.79. The molecular formula is C13H11F2N3O. The predicted octanol–water partition coefficient (Wildman–Crippen LogP) is 2.30. The highest BCUT2D eigenvalue weighted by atomic mass is 19.1. The van der Waals surface area contributed by atoms with Gasteiger partial charge in [0.25, 0.3) is 5.91 Å². The first-order valence-electron chi connectivity index (χ1n) is 5.44. The molecule has 0 bridgehead atoms. The third kappa shape index (κ3) is 2.98. The molecule has 0 saturated carbocycles. The number of rotatable bonds is 3. The topological polar surface area (TPSA) is 67.2 Å². The van der Waals surface area contributed by atoms with Gasteiger partial charge in [0, 0.05) is 5.69 Å². The van der Waals surface area contributed by atoms with Gasteiger partial charge in [0.05, 0.1) is 11.3 Å². The van der Waals surface area contributed by atoms with Gasteiger partial charge >= 0.3 is 0 Å². The van der Waals surface area contributed by atoms with E-state index in [1.165, 1.54) is 24.3 Å². The minimum absolute atomic E-state index is 0.0242. The normalized spacial score (nSPS) is 10.0. The number of halogens is 2. The van der Waals surface area contributed by atoms with Crippen LogP contribution in [0.4, 0.5) is 20.2 Å². The predicted molar refractivity (Wildman–Crippen MR) is 68.3 cm³/mol. The van der Waals surface area contributed by atoms with Crippen molar-refractivity contribution in [3.63, 3.8) is 0 Å². The molecule has 0 aliphatic heterocycles. The van der Waals surface area contributed by atoms with Crippen LogP contribution in [0.25, 0.3) is 0 Å². The van der Waals surface area contributed by atoms with Gasteiger partial charge in [-0.25, -0.2) is 8.78 Å². The van der Waals surface area contributed by atoms with Crippen LogP contribution in [0.15, 0.2) is 42.5 Å². The number of nitrogens with one attached hydrogen (secondary N) is 2. The standard InChI is InChI=1S/C13H11F2N3O/c14-8-5-6-11(16)9(7-8)13(19)18-17-12-4-2-1-3-10(12)15/h1-7,17H,16H2,(H,18,19). The summed E-state index contributed by atoms with van der Waals surface area (Å²) in [5.74, 6) is -1.75. The van der Waals surface area contributed by atoms with E-state index in [9.17, 15) is 13.6 Å². The summed E-state index contributed by atoms with van der Waals surface area (Å²) in [6.45, 7) is 0. The SMILES string of the molecule is Nc1ccc(F)cc1C(=O)NNc1ccccc1F. The van der Waals surface area contributed by atoms with Crippen LogP contribution >= 0.6 is 0 Å². The summed E-state index contributed by atoms with van der Waals surface area (Å²) < 4.78 is 26.3. The van der Waals surface area contributed by atoms with Crippen LogP contribution in [-0.2, 0) is 0 Å². The number of benzene rings is 2. The van der Waals surface area contributed by atoms with Gasteiger partial charge in [-0.3, -0.25) is 15.6 Å². The second-order valence-corrected chi connectivity index (χ2v) is 3.79. The van der Waals surface area contributed by atoms with Gasteiger partial charge in [-0.05, 0) is 30.3 Å². The molecule has 0 aliphatic carbocycles. The molecular weight excluding hydrogens is 252 g/mol. The summed E-state index contributed by atoms with van der Waals surface area (Å²) in [5.41, 5.74) is 10.4. The average molecular weight is 263 g/mol. The van der Waals surface area contributed by atoms with Crippen LogP contribution in [0.2, 0.25) is 0 Å². The van der Waals surface area contributed by atoms with Crippen molar-refractivity contribution in [2.45, 2.75) is 0 Å². The Hall–Kier alpha value is -2.63. The lowest BCUT2D eigenvalue weighted by molar-refractivity contribution is 0.0963. The highest BCUT2D eigenvalue weighted by molar-refractivity contribution is 5.99. The van der Waals surface area contributed by atoms with Gasteiger partial charge in [0.2, 0.25) is 0 Å². The Morgan fingerprint density at radius 3 is 2.58 bits per heavy atom. The number of anilines is 2. The van der Waals surface area contributed by atoms with Crippen molar-refractivity contribution in [1.82, 2.24) is 5.43 Å². The van der Waals surface area contributed by atoms with Gasteiger partial charge in [0.15, 0.2) is 0 Å². The molecule has 98 valence electrons. The zero-order valence-electron chi connectivity index (χ0n) is 9.78. The molecule has 4 nitrogen and oxygen atoms in total. The third-order valence-corrected chi connectivity index (χ3v) is 2.44. The number of hydrazine groups is 1. The Kier molecular flexibility index (Phi) is 3.61. The Morgan fingerprint density at radius 1 is 1.11 bits per heavy atom. The molecule has 6 heteroatoms. The van der Waals surface area contributed by atoms with Crippen LogP contribution in [0, 0.1) is 11.6 Å². The number of amides is 1. The number of carbonyl (C=O) groups is 1. The Balaban J connectivity index is 2.10. The molecule has 1 amide bonds. The van der Waals surface area contributed by atoms with Gasteiger partial charge in [-0.15, -0.1) is 0 Å². The Bertz CT molecular complexity index is 617. The maximum Gasteiger partial charge on any atom is 0.271 e. The van der Waals surface area contributed by atoms with E-state index in [4.69, 9.17) is 5.73 Å². The van der Waals surface area contributed by atoms with E-state index >= 15 is 0 Å². The first-order chi connectivity index (χ1) is 9.08. The van der Waals surface area contributed by atoms with E-state index < -0.39 is 17.5 Å². The van der Waals surface area contributed by atoms with Crippen molar-refractivity contribution in [3.8, 4) is 0 Å². The lowest BCUT2D eigenvalue weighted by Gasteiger charge is -2.10. The quantitative estimate of drug-likeness (QED) is 0.588. The molecule has 4 N–H and O–H groups in total. The van der Waals surface area contributed by atoms with Crippen LogP contribution in [0.1, 0.15) is 10.4 Å². The van der Waals surface area contributed by atoms with Gasteiger partial charge in [-0.2, -0.15) is 0 Å². The molecule has 2 aromatic carbocycles. The molecule has 0 spiro atoms. The number of nitrogen functional groups attached to an aromatic ring is 1. The average Bonchev–Trinajstić information content (AvgIpc) is 2.40. The number of hydrogen-bond donors (Lipinski definition) is 3. The minimum Gasteiger partial charge on any atom is -0.398 e. The summed E-state index contributed by atoms with van der Waals surface area (Å²) in [7, 11) is 0. The van der Waals surface area contributed by atoms with Crippen LogP contribution in [-0.4, -0.2) is 5.91 Å². The molecule has 0 heterocycles. The number of para-hydroxylation sites is 1. The highest BCUT2D eigenvalue weighted by Crippen LogP contribution is 2.14. The summed E-state index contributed by atoms with van der Waals surface area (Å²) in [5, 5.41) is 0. The van der Waals surface area contributed by atoms with Crippen molar-refractivity contribution in [3.05, 3.63) is 59.7 Å². The van der Waals surface area contributed by atoms with Crippen molar-refractivity contribution < 1.29 is 13.6 Å². The fourth-order valence-corrected chi connectivity index (χ4v) is 1.48. The number of hydrogen-bond acceptors (Lipinski definition) is 3. The fraction of sp³-hybridized carbons (Fsp3) is 0. The van der Waals surface area contributed by atoms with E-state index in [0.717, 1.165) is 12.1 Å². The molecule has 0 radical (unpaired) electrons. The van der Waals surface area contributed by atoms with E-state index in [0.29, 0.717) is 0 Å². The largest absolute Gasteiger partial charge is 0.398 e. The van der Waals surface area contributed by atoms with Gasteiger partial charge in [-0.1, -0.05) is 12.1 Å². The molecule has 0 saturated heterocycles. The molecule has 0 atom stereocenters. The molecule has 0 fully saturated rings. The molecule has 2 aromatic rings. The first-order valence-corrected chi connectivity index (χ1v) is 5.44. The lowest BCUT2D eigenvalue weighted by Crippen LogP contribution is -2.30. The van der Waals surface area contributed by atoms with Crippen molar-refractivity contribution in [2.24, 2.45) is 0 Å². The van der Waals surface area contributed by atoms with E-state index in [1.807, 2.05) is 0 Å². The summed E-state index contributed by atoms with van der Waals surface area (Å²) in [4.78, 5) is 11.8. The van der Waals surface area contributed by atoms with Crippen molar-refractivity contribution >= 4 is 17.3 Å².